The molecule has 0 fully saturated rings. The number of halogens is 1. The number of aliphatic hydroxyl groups is 2. The van der Waals surface area contributed by atoms with E-state index in [4.69, 9.17) is 16.3 Å². The minimum atomic E-state index is -0.740. The van der Waals surface area contributed by atoms with Gasteiger partial charge in [-0.25, -0.2) is 4.98 Å². The first-order valence-corrected chi connectivity index (χ1v) is 8.12. The number of ether oxygens (including phenoxy) is 1. The number of fused-ring (bicyclic) bond motifs is 1. The SMILES string of the molecule is C[C@H](O)c1nc2ccccc2n1C[C@H](O)COc1ccc(Cl)cc1. The quantitative estimate of drug-likeness (QED) is 0.719. The number of hydrogen-bond acceptors (Lipinski definition) is 4. The lowest BCUT2D eigenvalue weighted by atomic mass is 10.3. The van der Waals surface area contributed by atoms with E-state index >= 15 is 0 Å². The highest BCUT2D eigenvalue weighted by molar-refractivity contribution is 6.30. The molecule has 24 heavy (non-hydrogen) atoms. The van der Waals surface area contributed by atoms with Crippen LogP contribution in [0.5, 0.6) is 5.75 Å². The van der Waals surface area contributed by atoms with Gasteiger partial charge >= 0.3 is 0 Å². The van der Waals surface area contributed by atoms with Crippen LogP contribution >= 0.6 is 11.6 Å². The van der Waals surface area contributed by atoms with E-state index < -0.39 is 12.2 Å². The molecule has 2 atom stereocenters. The molecular weight excluding hydrogens is 328 g/mol. The van der Waals surface area contributed by atoms with Gasteiger partial charge < -0.3 is 19.5 Å². The van der Waals surface area contributed by atoms with E-state index in [0.29, 0.717) is 16.6 Å². The molecule has 0 spiro atoms. The number of imidazole rings is 1. The lowest BCUT2D eigenvalue weighted by Crippen LogP contribution is -2.25. The predicted molar refractivity (Wildman–Crippen MR) is 93.3 cm³/mol. The van der Waals surface area contributed by atoms with Crippen LogP contribution in [0.4, 0.5) is 0 Å². The Labute approximate surface area is 145 Å². The summed E-state index contributed by atoms with van der Waals surface area (Å²) in [6, 6.07) is 14.6. The molecule has 5 nitrogen and oxygen atoms in total. The first-order valence-electron chi connectivity index (χ1n) is 7.74. The minimum Gasteiger partial charge on any atom is -0.491 e. The van der Waals surface area contributed by atoms with Crippen molar-refractivity contribution >= 4 is 22.6 Å². The Balaban J connectivity index is 1.73. The maximum atomic E-state index is 10.3. The summed E-state index contributed by atoms with van der Waals surface area (Å²) >= 11 is 5.83. The molecule has 0 unspecified atom stereocenters. The third-order valence-electron chi connectivity index (χ3n) is 3.71. The molecular formula is C18H19ClN2O3. The summed E-state index contributed by atoms with van der Waals surface area (Å²) in [5, 5.41) is 20.9. The molecule has 2 aromatic carbocycles. The van der Waals surface area contributed by atoms with Gasteiger partial charge in [0, 0.05) is 5.02 Å². The zero-order chi connectivity index (χ0) is 17.1. The second-order valence-corrected chi connectivity index (χ2v) is 6.10. The van der Waals surface area contributed by atoms with E-state index in [1.165, 1.54) is 0 Å². The lowest BCUT2D eigenvalue weighted by Gasteiger charge is -2.16. The molecule has 6 heteroatoms. The molecule has 0 aliphatic carbocycles. The number of rotatable bonds is 6. The molecule has 2 N–H and O–H groups in total. The van der Waals surface area contributed by atoms with Gasteiger partial charge in [0.15, 0.2) is 0 Å². The van der Waals surface area contributed by atoms with Crippen molar-refractivity contribution in [2.45, 2.75) is 25.7 Å². The molecule has 1 aromatic heterocycles. The summed E-state index contributed by atoms with van der Waals surface area (Å²) in [6.07, 6.45) is -1.46. The highest BCUT2D eigenvalue weighted by atomic mass is 35.5. The van der Waals surface area contributed by atoms with Crippen molar-refractivity contribution in [2.75, 3.05) is 6.61 Å². The fourth-order valence-corrected chi connectivity index (χ4v) is 2.72. The van der Waals surface area contributed by atoms with E-state index in [2.05, 4.69) is 4.98 Å². The fraction of sp³-hybridized carbons (Fsp3) is 0.278. The standard InChI is InChI=1S/C18H19ClN2O3/c1-12(22)18-20-16-4-2-3-5-17(16)21(18)10-14(23)11-24-15-8-6-13(19)7-9-15/h2-9,12,14,22-23H,10-11H2,1H3/t12-,14-/m0/s1. The Morgan fingerprint density at radius 2 is 1.83 bits per heavy atom. The van der Waals surface area contributed by atoms with E-state index in [-0.39, 0.29) is 13.2 Å². The van der Waals surface area contributed by atoms with Gasteiger partial charge in [-0.05, 0) is 43.3 Å². The number of hydrogen-bond donors (Lipinski definition) is 2. The molecule has 0 aliphatic rings. The Hall–Kier alpha value is -2.08. The molecule has 0 aliphatic heterocycles. The van der Waals surface area contributed by atoms with Crippen molar-refractivity contribution in [3.63, 3.8) is 0 Å². The van der Waals surface area contributed by atoms with Gasteiger partial charge in [-0.3, -0.25) is 0 Å². The number of para-hydroxylation sites is 2. The first-order chi connectivity index (χ1) is 11.5. The van der Waals surface area contributed by atoms with E-state index in [9.17, 15) is 10.2 Å². The number of aliphatic hydroxyl groups excluding tert-OH is 2. The molecule has 0 radical (unpaired) electrons. The van der Waals surface area contributed by atoms with Crippen LogP contribution in [0.3, 0.4) is 0 Å². The molecule has 0 bridgehead atoms. The third kappa shape index (κ3) is 3.70. The zero-order valence-corrected chi connectivity index (χ0v) is 14.0. The molecule has 0 saturated heterocycles. The van der Waals surface area contributed by atoms with E-state index in [1.807, 2.05) is 28.8 Å². The third-order valence-corrected chi connectivity index (χ3v) is 3.96. The lowest BCUT2D eigenvalue weighted by molar-refractivity contribution is 0.0895. The van der Waals surface area contributed by atoms with Gasteiger partial charge in [0.1, 0.15) is 30.4 Å². The van der Waals surface area contributed by atoms with E-state index in [1.54, 1.807) is 31.2 Å². The summed E-state index contributed by atoms with van der Waals surface area (Å²) in [4.78, 5) is 4.44. The van der Waals surface area contributed by atoms with Crippen LogP contribution in [0.2, 0.25) is 5.02 Å². The number of aromatic nitrogens is 2. The molecule has 3 aromatic rings. The minimum absolute atomic E-state index is 0.132. The van der Waals surface area contributed by atoms with Crippen LogP contribution in [0.15, 0.2) is 48.5 Å². The van der Waals surface area contributed by atoms with Gasteiger partial charge in [0.2, 0.25) is 0 Å². The van der Waals surface area contributed by atoms with Gasteiger partial charge in [0.25, 0.3) is 0 Å². The predicted octanol–water partition coefficient (Wildman–Crippen LogP) is 3.18. The van der Waals surface area contributed by atoms with Crippen molar-refractivity contribution in [1.82, 2.24) is 9.55 Å². The number of benzene rings is 2. The summed E-state index contributed by atoms with van der Waals surface area (Å²) in [5.41, 5.74) is 1.66. The summed E-state index contributed by atoms with van der Waals surface area (Å²) < 4.78 is 7.41. The van der Waals surface area contributed by atoms with Crippen LogP contribution in [0, 0.1) is 0 Å². The second kappa shape index (κ2) is 7.21. The van der Waals surface area contributed by atoms with Gasteiger partial charge in [-0.15, -0.1) is 0 Å². The summed E-state index contributed by atoms with van der Waals surface area (Å²) in [5.74, 6) is 1.17. The smallest absolute Gasteiger partial charge is 0.138 e. The van der Waals surface area contributed by atoms with Crippen LogP contribution in [0.25, 0.3) is 11.0 Å². The average Bonchev–Trinajstić information content (AvgIpc) is 2.93. The topological polar surface area (TPSA) is 67.5 Å². The van der Waals surface area contributed by atoms with Crippen molar-refractivity contribution < 1.29 is 14.9 Å². The Kier molecular flexibility index (Phi) is 5.04. The zero-order valence-electron chi connectivity index (χ0n) is 13.3. The Morgan fingerprint density at radius 3 is 2.54 bits per heavy atom. The highest BCUT2D eigenvalue weighted by Crippen LogP contribution is 2.21. The Bertz CT molecular complexity index is 815. The molecule has 126 valence electrons. The largest absolute Gasteiger partial charge is 0.491 e. The van der Waals surface area contributed by atoms with Gasteiger partial charge in [-0.2, -0.15) is 0 Å². The fourth-order valence-electron chi connectivity index (χ4n) is 2.59. The van der Waals surface area contributed by atoms with Crippen molar-refractivity contribution in [1.29, 1.82) is 0 Å². The Morgan fingerprint density at radius 1 is 1.12 bits per heavy atom. The maximum Gasteiger partial charge on any atom is 0.138 e. The molecule has 1 heterocycles. The summed E-state index contributed by atoms with van der Waals surface area (Å²) in [7, 11) is 0. The monoisotopic (exact) mass is 346 g/mol. The highest BCUT2D eigenvalue weighted by Gasteiger charge is 2.17. The van der Waals surface area contributed by atoms with Crippen LogP contribution in [0.1, 0.15) is 18.9 Å². The molecule has 0 amide bonds. The summed E-state index contributed by atoms with van der Waals surface area (Å²) in [6.45, 7) is 2.08. The second-order valence-electron chi connectivity index (χ2n) is 5.66. The normalized spacial score (nSPS) is 13.8. The van der Waals surface area contributed by atoms with Crippen LogP contribution < -0.4 is 4.74 Å². The molecule has 0 saturated carbocycles. The number of nitrogens with zero attached hydrogens (tertiary/aromatic N) is 2. The van der Waals surface area contributed by atoms with E-state index in [0.717, 1.165) is 11.0 Å². The van der Waals surface area contributed by atoms with Gasteiger partial charge in [0.05, 0.1) is 17.6 Å². The van der Waals surface area contributed by atoms with Crippen molar-refractivity contribution in [3.8, 4) is 5.75 Å². The van der Waals surface area contributed by atoms with Gasteiger partial charge in [-0.1, -0.05) is 23.7 Å². The van der Waals surface area contributed by atoms with Crippen LogP contribution in [-0.4, -0.2) is 32.5 Å². The van der Waals surface area contributed by atoms with Crippen molar-refractivity contribution in [2.24, 2.45) is 0 Å². The van der Waals surface area contributed by atoms with Crippen LogP contribution in [-0.2, 0) is 6.54 Å². The maximum absolute atomic E-state index is 10.3. The molecule has 3 rings (SSSR count). The average molecular weight is 347 g/mol. The first kappa shape index (κ1) is 16.8. The van der Waals surface area contributed by atoms with Crippen molar-refractivity contribution in [3.05, 3.63) is 59.4 Å².